The van der Waals surface area contributed by atoms with Crippen LogP contribution in [0.1, 0.15) is 45.6 Å². The third-order valence-corrected chi connectivity index (χ3v) is 4.41. The molecule has 0 aliphatic heterocycles. The van der Waals surface area contributed by atoms with Crippen LogP contribution in [0.4, 0.5) is 18.0 Å². The maximum absolute atomic E-state index is 12.7. The van der Waals surface area contributed by atoms with Crippen LogP contribution in [-0.2, 0) is 14.3 Å². The normalized spacial score (nSPS) is 15.1. The Hall–Kier alpha value is -2.00. The zero-order valence-electron chi connectivity index (χ0n) is 17.6. The number of amides is 1. The lowest BCUT2D eigenvalue weighted by molar-refractivity contribution is -0.143. The number of carbonyl (C=O) groups is 2. The second-order valence-electron chi connectivity index (χ2n) is 7.90. The molecule has 0 saturated carbocycles. The Labute approximate surface area is 179 Å². The Morgan fingerprint density at radius 1 is 1.20 bits per heavy atom. The first kappa shape index (κ1) is 26.0. The Morgan fingerprint density at radius 3 is 2.33 bits per heavy atom. The largest absolute Gasteiger partial charge is 0.467 e. The van der Waals surface area contributed by atoms with Crippen molar-refractivity contribution in [2.24, 2.45) is 0 Å². The zero-order valence-corrected chi connectivity index (χ0v) is 18.4. The summed E-state index contributed by atoms with van der Waals surface area (Å²) in [6.45, 7) is 5.36. The smallest absolute Gasteiger partial charge is 0.408 e. The van der Waals surface area contributed by atoms with Crippen molar-refractivity contribution >= 4 is 23.7 Å². The molecule has 0 saturated heterocycles. The summed E-state index contributed by atoms with van der Waals surface area (Å²) in [5.41, 5.74) is -0.178. The number of esters is 1. The zero-order chi connectivity index (χ0) is 23.1. The van der Waals surface area contributed by atoms with Gasteiger partial charge in [-0.15, -0.1) is 0 Å². The fraction of sp³-hybridized carbons (Fsp3) is 0.600. The second kappa shape index (κ2) is 10.9. The maximum atomic E-state index is 12.7. The highest BCUT2D eigenvalue weighted by molar-refractivity contribution is 6.30. The lowest BCUT2D eigenvalue weighted by Gasteiger charge is -2.30. The lowest BCUT2D eigenvalue weighted by Crippen LogP contribution is -2.47. The molecule has 3 unspecified atom stereocenters. The fourth-order valence-corrected chi connectivity index (χ4v) is 3.04. The minimum atomic E-state index is -4.40. The number of alkyl carbamates (subject to hydrolysis) is 1. The van der Waals surface area contributed by atoms with Gasteiger partial charge in [0.1, 0.15) is 11.6 Å². The van der Waals surface area contributed by atoms with E-state index in [0.717, 1.165) is 7.11 Å². The van der Waals surface area contributed by atoms with Gasteiger partial charge in [-0.25, -0.2) is 9.59 Å². The summed E-state index contributed by atoms with van der Waals surface area (Å²) >= 11 is 6.04. The van der Waals surface area contributed by atoms with Crippen LogP contribution < -0.4 is 10.6 Å². The fourth-order valence-electron chi connectivity index (χ4n) is 2.85. The number of nitrogens with one attached hydrogen (secondary N) is 2. The molecule has 6 nitrogen and oxygen atoms in total. The van der Waals surface area contributed by atoms with E-state index >= 15 is 0 Å². The van der Waals surface area contributed by atoms with Crippen molar-refractivity contribution in [3.8, 4) is 0 Å². The van der Waals surface area contributed by atoms with Gasteiger partial charge in [0.15, 0.2) is 0 Å². The number of methoxy groups -OCH3 is 1. The van der Waals surface area contributed by atoms with E-state index in [9.17, 15) is 22.8 Å². The number of hydrogen-bond acceptors (Lipinski definition) is 5. The van der Waals surface area contributed by atoms with Crippen LogP contribution in [0.5, 0.6) is 0 Å². The summed E-state index contributed by atoms with van der Waals surface area (Å²) in [5, 5.41) is 5.28. The van der Waals surface area contributed by atoms with Crippen molar-refractivity contribution in [1.82, 2.24) is 10.6 Å². The molecule has 3 atom stereocenters. The molecule has 0 fully saturated rings. The molecular formula is C20H28ClF3N2O4. The number of rotatable bonds is 8. The van der Waals surface area contributed by atoms with Crippen LogP contribution in [0.3, 0.4) is 0 Å². The molecule has 10 heteroatoms. The van der Waals surface area contributed by atoms with Gasteiger partial charge in [-0.05, 0) is 51.8 Å². The first-order valence-corrected chi connectivity index (χ1v) is 9.72. The molecule has 0 aliphatic carbocycles. The summed E-state index contributed by atoms with van der Waals surface area (Å²) < 4.78 is 48.0. The van der Waals surface area contributed by atoms with Gasteiger partial charge in [0.2, 0.25) is 0 Å². The van der Waals surface area contributed by atoms with E-state index in [1.54, 1.807) is 52.0 Å². The number of ether oxygens (including phenoxy) is 2. The monoisotopic (exact) mass is 452 g/mol. The molecule has 1 amide bonds. The number of benzene rings is 1. The maximum Gasteiger partial charge on any atom is 0.408 e. The van der Waals surface area contributed by atoms with Gasteiger partial charge in [-0.1, -0.05) is 23.7 Å². The summed E-state index contributed by atoms with van der Waals surface area (Å²) in [7, 11) is 1.16. The standard InChI is InChI=1S/C20H28ClF3N2O4/c1-12(25-11-20(22,23)24)15(13-7-6-8-14(21)9-13)10-16(17(27)29-5)26-18(28)30-19(2,3)4/h6-9,12,15-16,25H,10-11H2,1-5H3,(H,26,28). The molecule has 1 rings (SSSR count). The van der Waals surface area contributed by atoms with Gasteiger partial charge in [0.25, 0.3) is 0 Å². The van der Waals surface area contributed by atoms with Gasteiger partial charge < -0.3 is 20.1 Å². The highest BCUT2D eigenvalue weighted by atomic mass is 35.5. The SMILES string of the molecule is COC(=O)C(CC(c1cccc(Cl)c1)C(C)NCC(F)(F)F)NC(=O)OC(C)(C)C. The minimum Gasteiger partial charge on any atom is -0.467 e. The van der Waals surface area contributed by atoms with Gasteiger partial charge in [-0.2, -0.15) is 13.2 Å². The molecule has 0 radical (unpaired) electrons. The van der Waals surface area contributed by atoms with E-state index in [1.807, 2.05) is 0 Å². The molecule has 1 aromatic rings. The highest BCUT2D eigenvalue weighted by Gasteiger charge is 2.33. The van der Waals surface area contributed by atoms with E-state index in [1.165, 1.54) is 0 Å². The molecule has 1 aromatic carbocycles. The van der Waals surface area contributed by atoms with Crippen molar-refractivity contribution in [3.05, 3.63) is 34.9 Å². The molecule has 0 aromatic heterocycles. The van der Waals surface area contributed by atoms with Crippen LogP contribution in [0.25, 0.3) is 0 Å². The van der Waals surface area contributed by atoms with Crippen LogP contribution >= 0.6 is 11.6 Å². The molecular weight excluding hydrogens is 425 g/mol. The van der Waals surface area contributed by atoms with Crippen molar-refractivity contribution in [2.75, 3.05) is 13.7 Å². The Balaban J connectivity index is 3.12. The van der Waals surface area contributed by atoms with Crippen LogP contribution in [0, 0.1) is 0 Å². The number of alkyl halides is 3. The number of carbonyl (C=O) groups excluding carboxylic acids is 2. The average Bonchev–Trinajstić information content (AvgIpc) is 2.60. The van der Waals surface area contributed by atoms with Crippen LogP contribution in [0.15, 0.2) is 24.3 Å². The van der Waals surface area contributed by atoms with Crippen molar-refractivity contribution in [3.63, 3.8) is 0 Å². The molecule has 170 valence electrons. The topological polar surface area (TPSA) is 76.7 Å². The summed E-state index contributed by atoms with van der Waals surface area (Å²) in [5.74, 6) is -1.33. The molecule has 2 N–H and O–H groups in total. The van der Waals surface area contributed by atoms with Gasteiger partial charge >= 0.3 is 18.2 Å². The van der Waals surface area contributed by atoms with Crippen molar-refractivity contribution in [1.29, 1.82) is 0 Å². The highest BCUT2D eigenvalue weighted by Crippen LogP contribution is 2.28. The Bertz CT molecular complexity index is 723. The van der Waals surface area contributed by atoms with Gasteiger partial charge in [-0.3, -0.25) is 0 Å². The number of hydrogen-bond donors (Lipinski definition) is 2. The van der Waals surface area contributed by atoms with Crippen LogP contribution in [-0.4, -0.2) is 49.6 Å². The third kappa shape index (κ3) is 9.67. The molecule has 0 spiro atoms. The van der Waals surface area contributed by atoms with E-state index in [0.29, 0.717) is 10.6 Å². The van der Waals surface area contributed by atoms with Crippen LogP contribution in [0.2, 0.25) is 5.02 Å². The first-order valence-electron chi connectivity index (χ1n) is 9.35. The summed E-state index contributed by atoms with van der Waals surface area (Å²) in [6.07, 6.45) is -5.26. The van der Waals surface area contributed by atoms with E-state index < -0.39 is 48.4 Å². The Morgan fingerprint density at radius 2 is 1.83 bits per heavy atom. The minimum absolute atomic E-state index is 0.0295. The van der Waals surface area contributed by atoms with Crippen molar-refractivity contribution < 1.29 is 32.2 Å². The van der Waals surface area contributed by atoms with E-state index in [-0.39, 0.29) is 6.42 Å². The Kier molecular flexibility index (Phi) is 9.42. The van der Waals surface area contributed by atoms with E-state index in [4.69, 9.17) is 21.1 Å². The average molecular weight is 453 g/mol. The third-order valence-electron chi connectivity index (χ3n) is 4.17. The molecule has 30 heavy (non-hydrogen) atoms. The molecule has 0 heterocycles. The predicted molar refractivity (Wildman–Crippen MR) is 108 cm³/mol. The second-order valence-corrected chi connectivity index (χ2v) is 8.34. The predicted octanol–water partition coefficient (Wildman–Crippen LogP) is 4.42. The lowest BCUT2D eigenvalue weighted by atomic mass is 9.86. The molecule has 0 aliphatic rings. The molecule has 0 bridgehead atoms. The summed E-state index contributed by atoms with van der Waals surface area (Å²) in [6, 6.07) is 4.77. The van der Waals surface area contributed by atoms with Gasteiger partial charge in [0.05, 0.1) is 13.7 Å². The van der Waals surface area contributed by atoms with Crippen molar-refractivity contribution in [2.45, 2.75) is 63.9 Å². The van der Waals surface area contributed by atoms with Gasteiger partial charge in [0, 0.05) is 17.0 Å². The number of halogens is 4. The van der Waals surface area contributed by atoms with E-state index in [2.05, 4.69) is 10.6 Å². The quantitative estimate of drug-likeness (QED) is 0.571. The first-order chi connectivity index (χ1) is 13.7. The summed E-state index contributed by atoms with van der Waals surface area (Å²) in [4.78, 5) is 24.4.